The second kappa shape index (κ2) is 6.00. The molecule has 0 radical (unpaired) electrons. The van der Waals surface area contributed by atoms with Crippen LogP contribution in [-0.2, 0) is 16.6 Å². The summed E-state index contributed by atoms with van der Waals surface area (Å²) in [5.41, 5.74) is 0.426. The Balaban J connectivity index is 2.09. The van der Waals surface area contributed by atoms with Gasteiger partial charge >= 0.3 is 0 Å². The van der Waals surface area contributed by atoms with Crippen molar-refractivity contribution in [3.8, 4) is 0 Å². The highest BCUT2D eigenvalue weighted by atomic mass is 32.2. The van der Waals surface area contributed by atoms with Gasteiger partial charge in [0.2, 0.25) is 10.0 Å². The first-order valence-corrected chi connectivity index (χ1v) is 7.91. The Bertz CT molecular complexity index is 530. The maximum atomic E-state index is 12.2. The van der Waals surface area contributed by atoms with E-state index in [1.165, 1.54) is 6.07 Å². The van der Waals surface area contributed by atoms with Crippen LogP contribution in [0.2, 0.25) is 0 Å². The van der Waals surface area contributed by atoms with Crippen molar-refractivity contribution in [1.29, 1.82) is 0 Å². The molecule has 1 aliphatic rings. The summed E-state index contributed by atoms with van der Waals surface area (Å²) in [6.45, 7) is 1.15. The van der Waals surface area contributed by atoms with Crippen molar-refractivity contribution < 1.29 is 13.5 Å². The van der Waals surface area contributed by atoms with Gasteiger partial charge in [0.1, 0.15) is 0 Å². The quantitative estimate of drug-likeness (QED) is 0.828. The van der Waals surface area contributed by atoms with Gasteiger partial charge in [-0.2, -0.15) is 0 Å². The molecule has 5 nitrogen and oxygen atoms in total. The minimum atomic E-state index is -3.55. The summed E-state index contributed by atoms with van der Waals surface area (Å²) < 4.78 is 27.1. The number of hydrogen-bond acceptors (Lipinski definition) is 4. The number of hydrogen-bond donors (Lipinski definition) is 2. The number of aliphatic hydroxyl groups is 1. The fourth-order valence-corrected chi connectivity index (χ4v) is 3.72. The van der Waals surface area contributed by atoms with E-state index in [9.17, 15) is 13.5 Å². The van der Waals surface area contributed by atoms with Crippen LogP contribution in [0.4, 0.5) is 0 Å². The second-order valence-electron chi connectivity index (χ2n) is 4.89. The van der Waals surface area contributed by atoms with Crippen molar-refractivity contribution in [2.75, 3.05) is 20.1 Å². The summed E-state index contributed by atoms with van der Waals surface area (Å²) in [5, 5.41) is 9.20. The number of nitrogens with zero attached hydrogens (tertiary/aromatic N) is 1. The van der Waals surface area contributed by atoms with E-state index in [0.29, 0.717) is 12.1 Å². The van der Waals surface area contributed by atoms with Gasteiger partial charge in [0.25, 0.3) is 0 Å². The van der Waals surface area contributed by atoms with Crippen LogP contribution in [0, 0.1) is 0 Å². The summed E-state index contributed by atoms with van der Waals surface area (Å²) >= 11 is 0. The minimum absolute atomic E-state index is 0.165. The molecule has 1 heterocycles. The number of nitrogens with one attached hydrogen (secondary N) is 1. The molecule has 0 aliphatic carbocycles. The molecule has 1 fully saturated rings. The summed E-state index contributed by atoms with van der Waals surface area (Å²) in [6.07, 6.45) is 2.12. The third-order valence-electron chi connectivity index (χ3n) is 3.61. The lowest BCUT2D eigenvalue weighted by Gasteiger charge is -2.20. The van der Waals surface area contributed by atoms with Crippen molar-refractivity contribution in [2.24, 2.45) is 0 Å². The van der Waals surface area contributed by atoms with E-state index in [4.69, 9.17) is 0 Å². The largest absolute Gasteiger partial charge is 0.392 e. The third kappa shape index (κ3) is 3.33. The summed E-state index contributed by atoms with van der Waals surface area (Å²) in [4.78, 5) is 2.33. The molecule has 0 bridgehead atoms. The van der Waals surface area contributed by atoms with Crippen LogP contribution in [0.5, 0.6) is 0 Å². The lowest BCUT2D eigenvalue weighted by atomic mass is 10.2. The molecule has 1 aromatic rings. The van der Waals surface area contributed by atoms with Gasteiger partial charge in [0.05, 0.1) is 11.5 Å². The number of likely N-dealkylation sites (tertiary alicyclic amines) is 1. The predicted molar refractivity (Wildman–Crippen MR) is 73.2 cm³/mol. The van der Waals surface area contributed by atoms with Gasteiger partial charge in [-0.25, -0.2) is 13.1 Å². The van der Waals surface area contributed by atoms with E-state index in [2.05, 4.69) is 9.62 Å². The van der Waals surface area contributed by atoms with Gasteiger partial charge in [-0.3, -0.25) is 0 Å². The smallest absolute Gasteiger partial charge is 0.240 e. The van der Waals surface area contributed by atoms with Gasteiger partial charge in [-0.15, -0.1) is 0 Å². The molecule has 0 aromatic heterocycles. The Morgan fingerprint density at radius 1 is 1.42 bits per heavy atom. The highest BCUT2D eigenvalue weighted by Crippen LogP contribution is 2.17. The fraction of sp³-hybridized carbons (Fsp3) is 0.538. The van der Waals surface area contributed by atoms with Crippen molar-refractivity contribution >= 4 is 10.0 Å². The van der Waals surface area contributed by atoms with Crippen molar-refractivity contribution in [2.45, 2.75) is 30.4 Å². The Kier molecular flexibility index (Phi) is 4.57. The molecule has 1 unspecified atom stereocenters. The number of benzene rings is 1. The van der Waals surface area contributed by atoms with Crippen molar-refractivity contribution in [3.63, 3.8) is 0 Å². The van der Waals surface area contributed by atoms with Crippen LogP contribution in [0.1, 0.15) is 18.4 Å². The van der Waals surface area contributed by atoms with Crippen LogP contribution in [0.25, 0.3) is 0 Å². The van der Waals surface area contributed by atoms with E-state index in [0.717, 1.165) is 19.4 Å². The van der Waals surface area contributed by atoms with E-state index in [-0.39, 0.29) is 17.5 Å². The zero-order valence-electron chi connectivity index (χ0n) is 11.0. The number of sulfonamides is 1. The first kappa shape index (κ1) is 14.5. The van der Waals surface area contributed by atoms with Crippen LogP contribution < -0.4 is 4.72 Å². The van der Waals surface area contributed by atoms with Gasteiger partial charge in [-0.05, 0) is 38.1 Å². The van der Waals surface area contributed by atoms with Crippen molar-refractivity contribution in [1.82, 2.24) is 9.62 Å². The minimum Gasteiger partial charge on any atom is -0.392 e. The highest BCUT2D eigenvalue weighted by molar-refractivity contribution is 7.89. The molecule has 19 heavy (non-hydrogen) atoms. The molecule has 2 rings (SSSR count). The molecule has 2 N–H and O–H groups in total. The van der Waals surface area contributed by atoms with Gasteiger partial charge < -0.3 is 10.0 Å². The van der Waals surface area contributed by atoms with E-state index in [1.54, 1.807) is 18.2 Å². The SMILES string of the molecule is CN1CCCC1CNS(=O)(=O)c1ccccc1CO. The molecule has 1 saturated heterocycles. The molecule has 1 atom stereocenters. The van der Waals surface area contributed by atoms with E-state index in [1.807, 2.05) is 7.05 Å². The predicted octanol–water partition coefficient (Wildman–Crippen LogP) is 0.551. The Labute approximate surface area is 114 Å². The topological polar surface area (TPSA) is 69.6 Å². The zero-order chi connectivity index (χ0) is 13.9. The van der Waals surface area contributed by atoms with Gasteiger partial charge in [-0.1, -0.05) is 18.2 Å². The average Bonchev–Trinajstić information content (AvgIpc) is 2.82. The first-order valence-electron chi connectivity index (χ1n) is 6.43. The molecule has 0 saturated carbocycles. The molecule has 0 amide bonds. The molecular weight excluding hydrogens is 264 g/mol. The Hall–Kier alpha value is -0.950. The zero-order valence-corrected chi connectivity index (χ0v) is 11.9. The normalized spacial score (nSPS) is 20.8. The lowest BCUT2D eigenvalue weighted by Crippen LogP contribution is -2.38. The van der Waals surface area contributed by atoms with Crippen LogP contribution in [0.15, 0.2) is 29.2 Å². The summed E-state index contributed by atoms with van der Waals surface area (Å²) in [7, 11) is -1.54. The second-order valence-corrected chi connectivity index (χ2v) is 6.63. The number of rotatable bonds is 5. The van der Waals surface area contributed by atoms with E-state index >= 15 is 0 Å². The van der Waals surface area contributed by atoms with Crippen molar-refractivity contribution in [3.05, 3.63) is 29.8 Å². The number of aliphatic hydroxyl groups excluding tert-OH is 1. The maximum Gasteiger partial charge on any atom is 0.240 e. The number of likely N-dealkylation sites (N-methyl/N-ethyl adjacent to an activating group) is 1. The summed E-state index contributed by atoms with van der Waals surface area (Å²) in [5.74, 6) is 0. The molecule has 106 valence electrons. The standard InChI is InChI=1S/C13H20N2O3S/c1-15-8-4-6-12(15)9-14-19(17,18)13-7-3-2-5-11(13)10-16/h2-3,5,7,12,14,16H,4,6,8-10H2,1H3. The van der Waals surface area contributed by atoms with E-state index < -0.39 is 10.0 Å². The van der Waals surface area contributed by atoms with Crippen LogP contribution in [-0.4, -0.2) is 44.6 Å². The lowest BCUT2D eigenvalue weighted by molar-refractivity contribution is 0.278. The molecule has 0 spiro atoms. The Morgan fingerprint density at radius 2 is 2.16 bits per heavy atom. The average molecular weight is 284 g/mol. The van der Waals surface area contributed by atoms with Crippen LogP contribution in [0.3, 0.4) is 0 Å². The molecule has 1 aliphatic heterocycles. The van der Waals surface area contributed by atoms with Crippen LogP contribution >= 0.6 is 0 Å². The maximum absolute atomic E-state index is 12.2. The molecular formula is C13H20N2O3S. The molecule has 1 aromatic carbocycles. The Morgan fingerprint density at radius 3 is 2.79 bits per heavy atom. The first-order chi connectivity index (χ1) is 9.04. The highest BCUT2D eigenvalue weighted by Gasteiger charge is 2.24. The van der Waals surface area contributed by atoms with Gasteiger partial charge in [0, 0.05) is 12.6 Å². The summed E-state index contributed by atoms with van der Waals surface area (Å²) in [6, 6.07) is 6.78. The third-order valence-corrected chi connectivity index (χ3v) is 5.14. The monoisotopic (exact) mass is 284 g/mol. The van der Waals surface area contributed by atoms with Gasteiger partial charge in [0.15, 0.2) is 0 Å². The molecule has 6 heteroatoms. The fourth-order valence-electron chi connectivity index (χ4n) is 2.42.